The van der Waals surface area contributed by atoms with Crippen LogP contribution < -0.4 is 20.3 Å². The molecule has 0 unspecified atom stereocenters. The number of hydrogen-bond acceptors (Lipinski definition) is 5. The fourth-order valence-corrected chi connectivity index (χ4v) is 2.26. The van der Waals surface area contributed by atoms with E-state index in [4.69, 9.17) is 9.47 Å². The molecule has 1 heterocycles. The van der Waals surface area contributed by atoms with Crippen LogP contribution in [0.1, 0.15) is 20.0 Å². The first-order valence-electron chi connectivity index (χ1n) is 6.02. The van der Waals surface area contributed by atoms with Crippen LogP contribution in [-0.2, 0) is 0 Å². The maximum Gasteiger partial charge on any atom is 0.279 e. The van der Waals surface area contributed by atoms with Gasteiger partial charge in [0.15, 0.2) is 0 Å². The Morgan fingerprint density at radius 3 is 2.43 bits per heavy atom. The third kappa shape index (κ3) is 3.51. The van der Waals surface area contributed by atoms with Crippen LogP contribution in [0.15, 0.2) is 35.7 Å². The lowest BCUT2D eigenvalue weighted by Crippen LogP contribution is -2.41. The molecule has 0 saturated carbocycles. The van der Waals surface area contributed by atoms with Gasteiger partial charge in [-0.3, -0.25) is 20.4 Å². The zero-order chi connectivity index (χ0) is 15.2. The number of hydrogen-bond donors (Lipinski definition) is 2. The molecule has 2 rings (SSSR count). The van der Waals surface area contributed by atoms with E-state index in [-0.39, 0.29) is 5.91 Å². The summed E-state index contributed by atoms with van der Waals surface area (Å²) >= 11 is 1.29. The summed E-state index contributed by atoms with van der Waals surface area (Å²) in [5.74, 6) is 0.0912. The summed E-state index contributed by atoms with van der Waals surface area (Å²) in [5.41, 5.74) is 4.99. The molecule has 0 aliphatic rings. The van der Waals surface area contributed by atoms with Gasteiger partial charge in [0.05, 0.1) is 24.7 Å². The number of rotatable bonds is 4. The van der Waals surface area contributed by atoms with Crippen molar-refractivity contribution >= 4 is 23.2 Å². The lowest BCUT2D eigenvalue weighted by atomic mass is 10.2. The van der Waals surface area contributed by atoms with E-state index in [1.165, 1.54) is 25.6 Å². The summed E-state index contributed by atoms with van der Waals surface area (Å²) in [5, 5.41) is 1.78. The van der Waals surface area contributed by atoms with Gasteiger partial charge in [-0.2, -0.15) is 0 Å². The molecule has 2 aromatic rings. The van der Waals surface area contributed by atoms with Crippen molar-refractivity contribution in [3.05, 3.63) is 46.2 Å². The molecule has 0 aliphatic carbocycles. The molecule has 7 heteroatoms. The minimum absolute atomic E-state index is 0.296. The molecule has 0 bridgehead atoms. The van der Waals surface area contributed by atoms with Gasteiger partial charge in [0, 0.05) is 6.07 Å². The molecule has 0 spiro atoms. The van der Waals surface area contributed by atoms with Crippen molar-refractivity contribution in [3.8, 4) is 11.5 Å². The molecule has 1 aromatic heterocycles. The quantitative estimate of drug-likeness (QED) is 0.845. The van der Waals surface area contributed by atoms with Gasteiger partial charge in [0.2, 0.25) is 0 Å². The zero-order valence-electron chi connectivity index (χ0n) is 11.5. The second-order valence-corrected chi connectivity index (χ2v) is 4.90. The molecule has 0 fully saturated rings. The Hall–Kier alpha value is -2.54. The molecule has 0 radical (unpaired) electrons. The number of thiophene rings is 1. The third-order valence-electron chi connectivity index (χ3n) is 2.69. The van der Waals surface area contributed by atoms with Gasteiger partial charge in [-0.1, -0.05) is 6.07 Å². The number of methoxy groups -OCH3 is 2. The summed E-state index contributed by atoms with van der Waals surface area (Å²) in [6, 6.07) is 8.22. The Morgan fingerprint density at radius 2 is 1.81 bits per heavy atom. The van der Waals surface area contributed by atoms with Crippen molar-refractivity contribution in [2.75, 3.05) is 14.2 Å². The Bertz CT molecular complexity index is 640. The Balaban J connectivity index is 2.05. The summed E-state index contributed by atoms with van der Waals surface area (Å²) in [6.45, 7) is 0. The van der Waals surface area contributed by atoms with Crippen LogP contribution in [0.2, 0.25) is 0 Å². The van der Waals surface area contributed by atoms with Crippen molar-refractivity contribution in [1.29, 1.82) is 0 Å². The van der Waals surface area contributed by atoms with Crippen LogP contribution in [0.3, 0.4) is 0 Å². The molecule has 6 nitrogen and oxygen atoms in total. The summed E-state index contributed by atoms with van der Waals surface area (Å²) < 4.78 is 10.2. The average Bonchev–Trinajstić information content (AvgIpc) is 3.06. The summed E-state index contributed by atoms with van der Waals surface area (Å²) in [6.07, 6.45) is 0. The maximum absolute atomic E-state index is 12.1. The van der Waals surface area contributed by atoms with Gasteiger partial charge in [-0.15, -0.1) is 11.3 Å². The number of nitrogens with one attached hydrogen (secondary N) is 2. The highest BCUT2D eigenvalue weighted by Gasteiger charge is 2.14. The number of ether oxygens (including phenoxy) is 2. The van der Waals surface area contributed by atoms with E-state index in [2.05, 4.69) is 10.9 Å². The van der Waals surface area contributed by atoms with Crippen LogP contribution in [0.5, 0.6) is 11.5 Å². The molecule has 2 amide bonds. The topological polar surface area (TPSA) is 76.7 Å². The molecular weight excluding hydrogens is 292 g/mol. The van der Waals surface area contributed by atoms with E-state index in [0.29, 0.717) is 21.9 Å². The van der Waals surface area contributed by atoms with Crippen molar-refractivity contribution in [2.45, 2.75) is 0 Å². The SMILES string of the molecule is COc1ccc(C(=O)NNC(=O)c2cccs2)c(OC)c1. The van der Waals surface area contributed by atoms with Crippen LogP contribution in [0, 0.1) is 0 Å². The minimum Gasteiger partial charge on any atom is -0.497 e. The number of benzene rings is 1. The highest BCUT2D eigenvalue weighted by atomic mass is 32.1. The smallest absolute Gasteiger partial charge is 0.279 e. The Morgan fingerprint density at radius 1 is 1.05 bits per heavy atom. The molecule has 0 saturated heterocycles. The van der Waals surface area contributed by atoms with Crippen LogP contribution in [-0.4, -0.2) is 26.0 Å². The average molecular weight is 306 g/mol. The fourth-order valence-electron chi connectivity index (χ4n) is 1.64. The van der Waals surface area contributed by atoms with E-state index in [9.17, 15) is 9.59 Å². The fraction of sp³-hybridized carbons (Fsp3) is 0.143. The second-order valence-electron chi connectivity index (χ2n) is 3.95. The number of hydrazine groups is 1. The van der Waals surface area contributed by atoms with Crippen LogP contribution in [0.4, 0.5) is 0 Å². The van der Waals surface area contributed by atoms with Gasteiger partial charge in [0.1, 0.15) is 11.5 Å². The lowest BCUT2D eigenvalue weighted by molar-refractivity contribution is 0.0847. The van der Waals surface area contributed by atoms with Crippen molar-refractivity contribution < 1.29 is 19.1 Å². The second kappa shape index (κ2) is 6.76. The van der Waals surface area contributed by atoms with Crippen LogP contribution in [0.25, 0.3) is 0 Å². The van der Waals surface area contributed by atoms with Crippen molar-refractivity contribution in [3.63, 3.8) is 0 Å². The number of amides is 2. The number of carbonyl (C=O) groups is 2. The zero-order valence-corrected chi connectivity index (χ0v) is 12.3. The first-order chi connectivity index (χ1) is 10.2. The molecule has 110 valence electrons. The molecule has 1 aromatic carbocycles. The van der Waals surface area contributed by atoms with Gasteiger partial charge < -0.3 is 9.47 Å². The molecule has 0 atom stereocenters. The number of carbonyl (C=O) groups excluding carboxylic acids is 2. The molecule has 0 aliphatic heterocycles. The lowest BCUT2D eigenvalue weighted by Gasteiger charge is -2.11. The monoisotopic (exact) mass is 306 g/mol. The Kier molecular flexibility index (Phi) is 4.78. The molecular formula is C14H14N2O4S. The van der Waals surface area contributed by atoms with E-state index >= 15 is 0 Å². The summed E-state index contributed by atoms with van der Waals surface area (Å²) in [7, 11) is 2.98. The maximum atomic E-state index is 12.1. The predicted molar refractivity (Wildman–Crippen MR) is 78.8 cm³/mol. The Labute approximate surface area is 125 Å². The van der Waals surface area contributed by atoms with E-state index in [1.54, 1.807) is 35.7 Å². The van der Waals surface area contributed by atoms with Crippen molar-refractivity contribution in [1.82, 2.24) is 10.9 Å². The van der Waals surface area contributed by atoms with Gasteiger partial charge >= 0.3 is 0 Å². The predicted octanol–water partition coefficient (Wildman–Crippen LogP) is 1.84. The largest absolute Gasteiger partial charge is 0.497 e. The summed E-state index contributed by atoms with van der Waals surface area (Å²) in [4.78, 5) is 24.3. The van der Waals surface area contributed by atoms with Gasteiger partial charge in [-0.25, -0.2) is 0 Å². The minimum atomic E-state index is -0.473. The van der Waals surface area contributed by atoms with E-state index < -0.39 is 5.91 Å². The molecule has 21 heavy (non-hydrogen) atoms. The van der Waals surface area contributed by atoms with E-state index in [0.717, 1.165) is 0 Å². The first kappa shape index (κ1) is 14.9. The van der Waals surface area contributed by atoms with E-state index in [1.807, 2.05) is 0 Å². The standard InChI is InChI=1S/C14H14N2O4S/c1-19-9-5-6-10(11(8-9)20-2)13(17)15-16-14(18)12-4-3-7-21-12/h3-8H,1-2H3,(H,15,17)(H,16,18). The first-order valence-corrected chi connectivity index (χ1v) is 6.90. The third-order valence-corrected chi connectivity index (χ3v) is 3.56. The highest BCUT2D eigenvalue weighted by molar-refractivity contribution is 7.12. The van der Waals surface area contributed by atoms with Crippen molar-refractivity contribution in [2.24, 2.45) is 0 Å². The van der Waals surface area contributed by atoms with Gasteiger partial charge in [0.25, 0.3) is 11.8 Å². The van der Waals surface area contributed by atoms with Gasteiger partial charge in [-0.05, 0) is 23.6 Å². The highest BCUT2D eigenvalue weighted by Crippen LogP contribution is 2.24. The molecule has 2 N–H and O–H groups in total. The van der Waals surface area contributed by atoms with Crippen LogP contribution >= 0.6 is 11.3 Å². The normalized spacial score (nSPS) is 9.81.